The van der Waals surface area contributed by atoms with E-state index in [2.05, 4.69) is 31.1 Å². The van der Waals surface area contributed by atoms with Crippen molar-refractivity contribution in [3.63, 3.8) is 0 Å². The molecule has 4 nitrogen and oxygen atoms in total. The van der Waals surface area contributed by atoms with Crippen molar-refractivity contribution in [1.29, 1.82) is 0 Å². The lowest BCUT2D eigenvalue weighted by Crippen LogP contribution is -2.25. The first-order valence-corrected chi connectivity index (χ1v) is 6.81. The molecule has 1 aromatic rings. The topological polar surface area (TPSA) is 58.4 Å². The van der Waals surface area contributed by atoms with Crippen molar-refractivity contribution in [3.8, 4) is 0 Å². The van der Waals surface area contributed by atoms with Crippen LogP contribution in [-0.4, -0.2) is 30.9 Å². The lowest BCUT2D eigenvalue weighted by Gasteiger charge is -2.18. The van der Waals surface area contributed by atoms with Crippen molar-refractivity contribution in [2.75, 3.05) is 31.2 Å². The Bertz CT molecular complexity index is 404. The second-order valence-corrected chi connectivity index (χ2v) is 5.43. The normalized spacial score (nSPS) is 11.0. The van der Waals surface area contributed by atoms with E-state index in [9.17, 15) is 4.79 Å². The first-order chi connectivity index (χ1) is 8.97. The van der Waals surface area contributed by atoms with Crippen LogP contribution in [0.5, 0.6) is 0 Å². The SMILES string of the molecule is CC(C)CN(C)CCCC(=O)Nc1cccc(N)c1. The van der Waals surface area contributed by atoms with E-state index in [1.165, 1.54) is 0 Å². The molecule has 0 atom stereocenters. The first kappa shape index (κ1) is 15.5. The predicted octanol–water partition coefficient (Wildman–Crippen LogP) is 2.58. The Morgan fingerprint density at radius 2 is 2.16 bits per heavy atom. The molecule has 0 fully saturated rings. The molecule has 0 unspecified atom stereocenters. The van der Waals surface area contributed by atoms with Gasteiger partial charge < -0.3 is 16.0 Å². The Balaban J connectivity index is 2.25. The summed E-state index contributed by atoms with van der Waals surface area (Å²) in [5.74, 6) is 0.703. The molecule has 0 spiro atoms. The fraction of sp³-hybridized carbons (Fsp3) is 0.533. The third kappa shape index (κ3) is 6.82. The average Bonchev–Trinajstić information content (AvgIpc) is 2.27. The van der Waals surface area contributed by atoms with Crippen LogP contribution >= 0.6 is 0 Å². The van der Waals surface area contributed by atoms with E-state index in [1.54, 1.807) is 12.1 Å². The molecule has 19 heavy (non-hydrogen) atoms. The molecule has 0 aliphatic carbocycles. The van der Waals surface area contributed by atoms with Crippen LogP contribution in [0.4, 0.5) is 11.4 Å². The van der Waals surface area contributed by atoms with Gasteiger partial charge in [-0.1, -0.05) is 19.9 Å². The standard InChI is InChI=1S/C15H25N3O/c1-12(2)11-18(3)9-5-8-15(19)17-14-7-4-6-13(16)10-14/h4,6-7,10,12H,5,8-9,11,16H2,1-3H3,(H,17,19). The molecule has 0 aromatic heterocycles. The smallest absolute Gasteiger partial charge is 0.224 e. The summed E-state index contributed by atoms with van der Waals surface area (Å²) in [6, 6.07) is 7.25. The van der Waals surface area contributed by atoms with Gasteiger partial charge in [0.1, 0.15) is 0 Å². The summed E-state index contributed by atoms with van der Waals surface area (Å²) >= 11 is 0. The number of amides is 1. The Morgan fingerprint density at radius 1 is 1.42 bits per heavy atom. The minimum absolute atomic E-state index is 0.0450. The lowest BCUT2D eigenvalue weighted by atomic mass is 10.2. The first-order valence-electron chi connectivity index (χ1n) is 6.81. The summed E-state index contributed by atoms with van der Waals surface area (Å²) in [4.78, 5) is 14.0. The van der Waals surface area contributed by atoms with Gasteiger partial charge in [0.2, 0.25) is 5.91 Å². The Hall–Kier alpha value is -1.55. The fourth-order valence-electron chi connectivity index (χ4n) is 2.06. The van der Waals surface area contributed by atoms with Gasteiger partial charge in [-0.25, -0.2) is 0 Å². The third-order valence-corrected chi connectivity index (χ3v) is 2.79. The number of benzene rings is 1. The summed E-state index contributed by atoms with van der Waals surface area (Å²) in [5, 5.41) is 2.86. The van der Waals surface area contributed by atoms with E-state index in [-0.39, 0.29) is 5.91 Å². The monoisotopic (exact) mass is 263 g/mol. The highest BCUT2D eigenvalue weighted by atomic mass is 16.1. The summed E-state index contributed by atoms with van der Waals surface area (Å²) in [6.45, 7) is 6.41. The minimum Gasteiger partial charge on any atom is -0.399 e. The molecule has 3 N–H and O–H groups in total. The Labute approximate surface area is 116 Å². The molecule has 106 valence electrons. The van der Waals surface area contributed by atoms with Crippen LogP contribution < -0.4 is 11.1 Å². The van der Waals surface area contributed by atoms with Crippen LogP contribution in [0, 0.1) is 5.92 Å². The van der Waals surface area contributed by atoms with Crippen LogP contribution in [0.15, 0.2) is 24.3 Å². The summed E-state index contributed by atoms with van der Waals surface area (Å²) in [7, 11) is 2.09. The molecule has 0 aliphatic heterocycles. The van der Waals surface area contributed by atoms with Crippen LogP contribution in [0.25, 0.3) is 0 Å². The highest BCUT2D eigenvalue weighted by Gasteiger charge is 2.05. The number of carbonyl (C=O) groups excluding carboxylic acids is 1. The number of anilines is 2. The van der Waals surface area contributed by atoms with Crippen LogP contribution in [-0.2, 0) is 4.79 Å². The van der Waals surface area contributed by atoms with Gasteiger partial charge in [0.25, 0.3) is 0 Å². The molecular weight excluding hydrogens is 238 g/mol. The third-order valence-electron chi connectivity index (χ3n) is 2.79. The molecule has 0 radical (unpaired) electrons. The molecule has 1 rings (SSSR count). The predicted molar refractivity (Wildman–Crippen MR) is 81.1 cm³/mol. The van der Waals surface area contributed by atoms with E-state index in [0.717, 1.165) is 25.2 Å². The molecule has 0 bridgehead atoms. The number of nitrogen functional groups attached to an aromatic ring is 1. The largest absolute Gasteiger partial charge is 0.399 e. The van der Waals surface area contributed by atoms with E-state index < -0.39 is 0 Å². The van der Waals surface area contributed by atoms with Gasteiger partial charge in [-0.2, -0.15) is 0 Å². The number of rotatable bonds is 7. The van der Waals surface area contributed by atoms with Crippen LogP contribution in [0.3, 0.4) is 0 Å². The second-order valence-electron chi connectivity index (χ2n) is 5.43. The number of nitrogens with zero attached hydrogens (tertiary/aromatic N) is 1. The molecule has 4 heteroatoms. The molecule has 0 aliphatic rings. The number of hydrogen-bond acceptors (Lipinski definition) is 3. The molecule has 0 heterocycles. The van der Waals surface area contributed by atoms with Gasteiger partial charge >= 0.3 is 0 Å². The maximum atomic E-state index is 11.8. The van der Waals surface area contributed by atoms with Crippen molar-refractivity contribution >= 4 is 17.3 Å². The highest BCUT2D eigenvalue weighted by Crippen LogP contribution is 2.12. The maximum Gasteiger partial charge on any atom is 0.224 e. The van der Waals surface area contributed by atoms with Gasteiger partial charge in [-0.3, -0.25) is 4.79 Å². The van der Waals surface area contributed by atoms with Crippen molar-refractivity contribution < 1.29 is 4.79 Å². The van der Waals surface area contributed by atoms with E-state index in [1.807, 2.05) is 12.1 Å². The van der Waals surface area contributed by atoms with E-state index >= 15 is 0 Å². The zero-order valence-corrected chi connectivity index (χ0v) is 12.1. The Kier molecular flexibility index (Phi) is 6.36. The lowest BCUT2D eigenvalue weighted by molar-refractivity contribution is -0.116. The maximum absolute atomic E-state index is 11.8. The number of carbonyl (C=O) groups is 1. The minimum atomic E-state index is 0.0450. The van der Waals surface area contributed by atoms with Gasteiger partial charge in [-0.15, -0.1) is 0 Å². The van der Waals surface area contributed by atoms with E-state index in [4.69, 9.17) is 5.73 Å². The average molecular weight is 263 g/mol. The molecule has 1 amide bonds. The van der Waals surface area contributed by atoms with Crippen LogP contribution in [0.2, 0.25) is 0 Å². The molecular formula is C15H25N3O. The number of hydrogen-bond donors (Lipinski definition) is 2. The van der Waals surface area contributed by atoms with Crippen molar-refractivity contribution in [2.45, 2.75) is 26.7 Å². The fourth-order valence-corrected chi connectivity index (χ4v) is 2.06. The van der Waals surface area contributed by atoms with Crippen molar-refractivity contribution in [3.05, 3.63) is 24.3 Å². The highest BCUT2D eigenvalue weighted by molar-refractivity contribution is 5.91. The van der Waals surface area contributed by atoms with Gasteiger partial charge in [0.15, 0.2) is 0 Å². The molecule has 0 saturated carbocycles. The van der Waals surface area contributed by atoms with Crippen LogP contribution in [0.1, 0.15) is 26.7 Å². The summed E-state index contributed by atoms with van der Waals surface area (Å²) in [6.07, 6.45) is 1.41. The second kappa shape index (κ2) is 7.79. The molecule has 0 saturated heterocycles. The number of nitrogens with two attached hydrogens (primary N) is 1. The summed E-state index contributed by atoms with van der Waals surface area (Å²) < 4.78 is 0. The van der Waals surface area contributed by atoms with Gasteiger partial charge in [0, 0.05) is 24.3 Å². The van der Waals surface area contributed by atoms with Crippen molar-refractivity contribution in [1.82, 2.24) is 4.90 Å². The van der Waals surface area contributed by atoms with Gasteiger partial charge in [0.05, 0.1) is 0 Å². The van der Waals surface area contributed by atoms with E-state index in [0.29, 0.717) is 18.0 Å². The zero-order valence-electron chi connectivity index (χ0n) is 12.1. The quantitative estimate of drug-likeness (QED) is 0.743. The zero-order chi connectivity index (χ0) is 14.3. The molecule has 1 aromatic carbocycles. The number of nitrogens with one attached hydrogen (secondary N) is 1. The van der Waals surface area contributed by atoms with Crippen molar-refractivity contribution in [2.24, 2.45) is 5.92 Å². The van der Waals surface area contributed by atoms with Gasteiger partial charge in [-0.05, 0) is 44.1 Å². The summed E-state index contributed by atoms with van der Waals surface area (Å²) in [5.41, 5.74) is 7.09. The Morgan fingerprint density at radius 3 is 2.79 bits per heavy atom.